The highest BCUT2D eigenvalue weighted by Crippen LogP contribution is 2.44. The van der Waals surface area contributed by atoms with E-state index in [9.17, 15) is 0 Å². The van der Waals surface area contributed by atoms with Crippen molar-refractivity contribution < 1.29 is 9.47 Å². The maximum Gasteiger partial charge on any atom is 0.127 e. The normalized spacial score (nSPS) is 19.2. The number of halogens is 2. The number of rotatable bonds is 6. The summed E-state index contributed by atoms with van der Waals surface area (Å²) in [7, 11) is 3.38. The van der Waals surface area contributed by atoms with Crippen molar-refractivity contribution in [2.24, 2.45) is 0 Å². The van der Waals surface area contributed by atoms with Crippen LogP contribution >= 0.6 is 23.2 Å². The number of piperidine rings is 1. The molecule has 0 amide bonds. The highest BCUT2D eigenvalue weighted by Gasteiger charge is 2.34. The SMILES string of the molecule is COc1ccc(CN2CCC[C@H](c3cccc(Cl)c3)[C@H]2c2ccc(Cl)cc2)c(OC)c1. The minimum atomic E-state index is 0.219. The molecule has 1 fully saturated rings. The number of hydrogen-bond donors (Lipinski definition) is 0. The Balaban J connectivity index is 1.72. The van der Waals surface area contributed by atoms with Gasteiger partial charge in [0.15, 0.2) is 0 Å². The second-order valence-electron chi connectivity index (χ2n) is 7.95. The van der Waals surface area contributed by atoms with E-state index in [1.54, 1.807) is 14.2 Å². The zero-order valence-electron chi connectivity index (χ0n) is 17.9. The molecule has 3 nitrogen and oxygen atoms in total. The Morgan fingerprint density at radius 3 is 2.39 bits per heavy atom. The fourth-order valence-electron chi connectivity index (χ4n) is 4.63. The fourth-order valence-corrected chi connectivity index (χ4v) is 4.96. The molecule has 1 aliphatic heterocycles. The smallest absolute Gasteiger partial charge is 0.127 e. The summed E-state index contributed by atoms with van der Waals surface area (Å²) in [5, 5.41) is 1.53. The quantitative estimate of drug-likeness (QED) is 0.394. The molecular weight excluding hydrogens is 429 g/mol. The Morgan fingerprint density at radius 2 is 1.68 bits per heavy atom. The Kier molecular flexibility index (Phi) is 7.06. The Morgan fingerprint density at radius 1 is 0.871 bits per heavy atom. The first-order valence-corrected chi connectivity index (χ1v) is 11.3. The molecule has 31 heavy (non-hydrogen) atoms. The van der Waals surface area contributed by atoms with E-state index < -0.39 is 0 Å². The fraction of sp³-hybridized carbons (Fsp3) is 0.308. The van der Waals surface area contributed by atoms with E-state index in [2.05, 4.69) is 35.2 Å². The number of likely N-dealkylation sites (tertiary alicyclic amines) is 1. The molecule has 0 aliphatic carbocycles. The standard InChI is InChI=1S/C26H27Cl2NO2/c1-30-23-13-10-20(25(16-23)31-2)17-29-14-4-7-24(19-5-3-6-22(28)15-19)26(29)18-8-11-21(27)12-9-18/h3,5-6,8-13,15-16,24,26H,4,7,14,17H2,1-2H3/t24-,26-/m1/s1. The van der Waals surface area contributed by atoms with Crippen LogP contribution in [0, 0.1) is 0 Å². The summed E-state index contributed by atoms with van der Waals surface area (Å²) < 4.78 is 11.0. The van der Waals surface area contributed by atoms with Crippen LogP contribution in [0.1, 0.15) is 41.5 Å². The van der Waals surface area contributed by atoms with Crippen LogP contribution in [0.3, 0.4) is 0 Å². The zero-order chi connectivity index (χ0) is 21.8. The van der Waals surface area contributed by atoms with Crippen LogP contribution in [-0.2, 0) is 6.54 Å². The summed E-state index contributed by atoms with van der Waals surface area (Å²) in [6, 6.07) is 22.8. The lowest BCUT2D eigenvalue weighted by atomic mass is 9.80. The van der Waals surface area contributed by atoms with Gasteiger partial charge >= 0.3 is 0 Å². The minimum absolute atomic E-state index is 0.219. The van der Waals surface area contributed by atoms with E-state index in [4.69, 9.17) is 32.7 Å². The van der Waals surface area contributed by atoms with E-state index in [1.807, 2.05) is 36.4 Å². The van der Waals surface area contributed by atoms with Gasteiger partial charge in [0.2, 0.25) is 0 Å². The van der Waals surface area contributed by atoms with Crippen molar-refractivity contribution in [3.8, 4) is 11.5 Å². The van der Waals surface area contributed by atoms with Crippen LogP contribution in [-0.4, -0.2) is 25.7 Å². The van der Waals surface area contributed by atoms with Gasteiger partial charge in [-0.15, -0.1) is 0 Å². The van der Waals surface area contributed by atoms with E-state index in [1.165, 1.54) is 11.1 Å². The first kappa shape index (κ1) is 22.0. The van der Waals surface area contributed by atoms with Gasteiger partial charge in [-0.3, -0.25) is 4.90 Å². The molecule has 1 heterocycles. The van der Waals surface area contributed by atoms with Crippen molar-refractivity contribution in [1.82, 2.24) is 4.90 Å². The van der Waals surface area contributed by atoms with Crippen molar-refractivity contribution in [1.29, 1.82) is 0 Å². The van der Waals surface area contributed by atoms with E-state index in [-0.39, 0.29) is 6.04 Å². The van der Waals surface area contributed by atoms with E-state index in [0.717, 1.165) is 53.0 Å². The molecule has 0 N–H and O–H groups in total. The third kappa shape index (κ3) is 5.01. The molecule has 0 unspecified atom stereocenters. The number of methoxy groups -OCH3 is 2. The maximum atomic E-state index is 6.35. The van der Waals surface area contributed by atoms with Gasteiger partial charge in [0.25, 0.3) is 0 Å². The average molecular weight is 456 g/mol. The monoisotopic (exact) mass is 455 g/mol. The molecule has 2 atom stereocenters. The average Bonchev–Trinajstić information content (AvgIpc) is 2.80. The molecule has 1 aliphatic rings. The first-order valence-electron chi connectivity index (χ1n) is 10.5. The van der Waals surface area contributed by atoms with Crippen LogP contribution in [0.15, 0.2) is 66.7 Å². The molecule has 0 spiro atoms. The van der Waals surface area contributed by atoms with E-state index >= 15 is 0 Å². The summed E-state index contributed by atoms with van der Waals surface area (Å²) in [5.41, 5.74) is 3.69. The summed E-state index contributed by atoms with van der Waals surface area (Å²) in [6.07, 6.45) is 2.24. The molecular formula is C26H27Cl2NO2. The summed E-state index contributed by atoms with van der Waals surface area (Å²) in [4.78, 5) is 2.54. The molecule has 1 saturated heterocycles. The molecule has 0 saturated carbocycles. The molecule has 4 rings (SSSR count). The van der Waals surface area contributed by atoms with Crippen LogP contribution in [0.25, 0.3) is 0 Å². The predicted molar refractivity (Wildman–Crippen MR) is 128 cm³/mol. The second kappa shape index (κ2) is 9.95. The Bertz CT molecular complexity index is 1020. The number of ether oxygens (including phenoxy) is 2. The van der Waals surface area contributed by atoms with Crippen LogP contribution in [0.5, 0.6) is 11.5 Å². The summed E-state index contributed by atoms with van der Waals surface area (Å²) in [5.74, 6) is 1.99. The van der Waals surface area contributed by atoms with Crippen molar-refractivity contribution in [3.05, 3.63) is 93.5 Å². The summed E-state index contributed by atoms with van der Waals surface area (Å²) in [6.45, 7) is 1.80. The van der Waals surface area contributed by atoms with Crippen molar-refractivity contribution in [2.75, 3.05) is 20.8 Å². The van der Waals surface area contributed by atoms with Gasteiger partial charge in [-0.05, 0) is 60.8 Å². The van der Waals surface area contributed by atoms with E-state index in [0.29, 0.717) is 5.92 Å². The molecule has 3 aromatic carbocycles. The van der Waals surface area contributed by atoms with Gasteiger partial charge in [0.1, 0.15) is 11.5 Å². The molecule has 0 bridgehead atoms. The zero-order valence-corrected chi connectivity index (χ0v) is 19.4. The van der Waals surface area contributed by atoms with Gasteiger partial charge in [0, 0.05) is 40.2 Å². The van der Waals surface area contributed by atoms with Gasteiger partial charge in [-0.2, -0.15) is 0 Å². The molecule has 5 heteroatoms. The van der Waals surface area contributed by atoms with Crippen molar-refractivity contribution in [2.45, 2.75) is 31.3 Å². The van der Waals surface area contributed by atoms with Gasteiger partial charge in [-0.25, -0.2) is 0 Å². The van der Waals surface area contributed by atoms with Gasteiger partial charge < -0.3 is 9.47 Å². The third-order valence-corrected chi connectivity index (χ3v) is 6.58. The second-order valence-corrected chi connectivity index (χ2v) is 8.82. The number of benzene rings is 3. The minimum Gasteiger partial charge on any atom is -0.497 e. The molecule has 0 aromatic heterocycles. The molecule has 3 aromatic rings. The lowest BCUT2D eigenvalue weighted by molar-refractivity contribution is 0.117. The van der Waals surface area contributed by atoms with Crippen LogP contribution in [0.4, 0.5) is 0 Å². The topological polar surface area (TPSA) is 21.7 Å². The van der Waals surface area contributed by atoms with Gasteiger partial charge in [0.05, 0.1) is 14.2 Å². The molecule has 0 radical (unpaired) electrons. The third-order valence-electron chi connectivity index (χ3n) is 6.09. The van der Waals surface area contributed by atoms with Gasteiger partial charge in [-0.1, -0.05) is 53.5 Å². The Labute approximate surface area is 194 Å². The highest BCUT2D eigenvalue weighted by molar-refractivity contribution is 6.30. The lowest BCUT2D eigenvalue weighted by Crippen LogP contribution is -2.37. The number of nitrogens with zero attached hydrogens (tertiary/aromatic N) is 1. The van der Waals surface area contributed by atoms with Crippen LogP contribution < -0.4 is 9.47 Å². The lowest BCUT2D eigenvalue weighted by Gasteiger charge is -2.42. The summed E-state index contributed by atoms with van der Waals surface area (Å²) >= 11 is 12.6. The number of hydrogen-bond acceptors (Lipinski definition) is 3. The first-order chi connectivity index (χ1) is 15.1. The van der Waals surface area contributed by atoms with Crippen LogP contribution in [0.2, 0.25) is 10.0 Å². The largest absolute Gasteiger partial charge is 0.497 e. The van der Waals surface area contributed by atoms with Crippen molar-refractivity contribution >= 4 is 23.2 Å². The maximum absolute atomic E-state index is 6.35. The predicted octanol–water partition coefficient (Wildman–Crippen LogP) is 7.13. The molecule has 162 valence electrons. The Hall–Kier alpha value is -2.20. The van der Waals surface area contributed by atoms with Crippen molar-refractivity contribution in [3.63, 3.8) is 0 Å². The highest BCUT2D eigenvalue weighted by atomic mass is 35.5.